The molecule has 0 fully saturated rings. The molecule has 0 amide bonds. The van der Waals surface area contributed by atoms with Crippen LogP contribution in [0.2, 0.25) is 5.02 Å². The van der Waals surface area contributed by atoms with Crippen molar-refractivity contribution < 1.29 is 0 Å². The second-order valence-corrected chi connectivity index (χ2v) is 5.90. The monoisotopic (exact) mass is 268 g/mol. The predicted molar refractivity (Wildman–Crippen MR) is 77.8 cm³/mol. The number of thiophene rings is 1. The van der Waals surface area contributed by atoms with Crippen molar-refractivity contribution in [3.8, 4) is 0 Å². The van der Waals surface area contributed by atoms with Crippen LogP contribution in [-0.2, 0) is 6.42 Å². The number of pyridine rings is 1. The topological polar surface area (TPSA) is 16.1 Å². The van der Waals surface area contributed by atoms with Crippen molar-refractivity contribution in [2.45, 2.75) is 27.2 Å². The average Bonchev–Trinajstić information content (AvgIpc) is 2.64. The van der Waals surface area contributed by atoms with Crippen molar-refractivity contribution in [3.05, 3.63) is 21.2 Å². The zero-order chi connectivity index (χ0) is 12.7. The minimum absolute atomic E-state index is 0.793. The number of hydrogen-bond donors (Lipinski definition) is 0. The maximum Gasteiger partial charge on any atom is 0.126 e. The molecule has 2 nitrogen and oxygen atoms in total. The van der Waals surface area contributed by atoms with Crippen LogP contribution in [-0.4, -0.2) is 19.1 Å². The Hall–Kier alpha value is -0.800. The molecule has 92 valence electrons. The highest BCUT2D eigenvalue weighted by molar-refractivity contribution is 7.19. The van der Waals surface area contributed by atoms with Gasteiger partial charge in [0, 0.05) is 24.4 Å². The number of fused-ring (bicyclic) bond motifs is 1. The van der Waals surface area contributed by atoms with E-state index in [9.17, 15) is 0 Å². The van der Waals surface area contributed by atoms with Crippen LogP contribution >= 0.6 is 22.9 Å². The lowest BCUT2D eigenvalue weighted by Gasteiger charge is -2.15. The molecule has 0 atom stereocenters. The van der Waals surface area contributed by atoms with Gasteiger partial charge in [0.05, 0.1) is 16.4 Å². The highest BCUT2D eigenvalue weighted by Crippen LogP contribution is 2.41. The smallest absolute Gasteiger partial charge is 0.126 e. The van der Waals surface area contributed by atoms with Gasteiger partial charge in [-0.3, -0.25) is 0 Å². The quantitative estimate of drug-likeness (QED) is 0.812. The number of hydrogen-bond acceptors (Lipinski definition) is 3. The van der Waals surface area contributed by atoms with Gasteiger partial charge >= 0.3 is 0 Å². The highest BCUT2D eigenvalue weighted by Gasteiger charge is 2.18. The predicted octanol–water partition coefficient (Wildman–Crippen LogP) is 4.19. The third kappa shape index (κ3) is 1.91. The van der Waals surface area contributed by atoms with Crippen LogP contribution < -0.4 is 4.90 Å². The minimum atomic E-state index is 0.793. The molecule has 0 bridgehead atoms. The fourth-order valence-corrected chi connectivity index (χ4v) is 3.60. The van der Waals surface area contributed by atoms with Crippen molar-refractivity contribution in [1.82, 2.24) is 4.98 Å². The lowest BCUT2D eigenvalue weighted by molar-refractivity contribution is 1.09. The molecule has 0 saturated carbocycles. The number of rotatable bonds is 2. The summed E-state index contributed by atoms with van der Waals surface area (Å²) in [6.45, 7) is 6.23. The van der Waals surface area contributed by atoms with E-state index in [1.807, 2.05) is 6.92 Å². The maximum atomic E-state index is 6.31. The Balaban J connectivity index is 2.90. The van der Waals surface area contributed by atoms with E-state index in [2.05, 4.69) is 37.8 Å². The zero-order valence-corrected chi connectivity index (χ0v) is 12.5. The Labute approximate surface area is 111 Å². The second-order valence-electron chi connectivity index (χ2n) is 4.44. The van der Waals surface area contributed by atoms with E-state index in [-0.39, 0.29) is 0 Å². The van der Waals surface area contributed by atoms with Crippen LogP contribution in [0, 0.1) is 13.8 Å². The summed E-state index contributed by atoms with van der Waals surface area (Å²) in [4.78, 5) is 9.25. The molecule has 2 aromatic rings. The minimum Gasteiger partial charge on any atom is -0.376 e. The standard InChI is InChI=1S/C13H17ClN2S/c1-6-9-12(16(4)5)10-7(2)11(14)8(3)15-13(10)17-9/h6H2,1-5H3. The average molecular weight is 269 g/mol. The van der Waals surface area contributed by atoms with Gasteiger partial charge in [0.1, 0.15) is 4.83 Å². The van der Waals surface area contributed by atoms with E-state index in [4.69, 9.17) is 11.6 Å². The molecular formula is C13H17ClN2S. The molecule has 0 saturated heterocycles. The first-order valence-electron chi connectivity index (χ1n) is 5.72. The summed E-state index contributed by atoms with van der Waals surface area (Å²) in [5.41, 5.74) is 3.35. The van der Waals surface area contributed by atoms with Gasteiger partial charge in [-0.25, -0.2) is 4.98 Å². The van der Waals surface area contributed by atoms with Crippen molar-refractivity contribution in [3.63, 3.8) is 0 Å². The van der Waals surface area contributed by atoms with Gasteiger partial charge in [-0.2, -0.15) is 0 Å². The highest BCUT2D eigenvalue weighted by atomic mass is 35.5. The van der Waals surface area contributed by atoms with Crippen LogP contribution in [0.4, 0.5) is 5.69 Å². The number of aromatic nitrogens is 1. The first kappa shape index (κ1) is 12.7. The first-order chi connectivity index (χ1) is 7.97. The molecule has 2 heterocycles. The van der Waals surface area contributed by atoms with E-state index in [1.54, 1.807) is 11.3 Å². The molecule has 2 rings (SSSR count). The van der Waals surface area contributed by atoms with E-state index in [1.165, 1.54) is 16.0 Å². The van der Waals surface area contributed by atoms with Gasteiger partial charge in [0.2, 0.25) is 0 Å². The molecule has 17 heavy (non-hydrogen) atoms. The summed E-state index contributed by atoms with van der Waals surface area (Å²) in [6.07, 6.45) is 1.03. The molecule has 0 spiro atoms. The Bertz CT molecular complexity index is 573. The van der Waals surface area contributed by atoms with E-state index in [0.717, 1.165) is 27.5 Å². The first-order valence-corrected chi connectivity index (χ1v) is 6.92. The van der Waals surface area contributed by atoms with Crippen molar-refractivity contribution >= 4 is 38.8 Å². The van der Waals surface area contributed by atoms with Crippen LogP contribution in [0.5, 0.6) is 0 Å². The van der Waals surface area contributed by atoms with Gasteiger partial charge in [0.25, 0.3) is 0 Å². The molecular weight excluding hydrogens is 252 g/mol. The van der Waals surface area contributed by atoms with Crippen molar-refractivity contribution in [1.29, 1.82) is 0 Å². The summed E-state index contributed by atoms with van der Waals surface area (Å²) >= 11 is 8.09. The number of nitrogens with zero attached hydrogens (tertiary/aromatic N) is 2. The largest absolute Gasteiger partial charge is 0.376 e. The fraction of sp³-hybridized carbons (Fsp3) is 0.462. The molecule has 0 radical (unpaired) electrons. The van der Waals surface area contributed by atoms with Crippen LogP contribution in [0.25, 0.3) is 10.2 Å². The zero-order valence-electron chi connectivity index (χ0n) is 10.9. The Morgan fingerprint density at radius 2 is 1.94 bits per heavy atom. The van der Waals surface area contributed by atoms with Crippen LogP contribution in [0.1, 0.15) is 23.1 Å². The summed E-state index contributed by atoms with van der Waals surface area (Å²) in [6, 6.07) is 0. The molecule has 0 aromatic carbocycles. The van der Waals surface area contributed by atoms with Crippen molar-refractivity contribution in [2.75, 3.05) is 19.0 Å². The summed E-state index contributed by atoms with van der Waals surface area (Å²) in [5.74, 6) is 0. The Morgan fingerprint density at radius 3 is 2.47 bits per heavy atom. The molecule has 0 N–H and O–H groups in total. The number of halogens is 1. The number of aryl methyl sites for hydroxylation is 3. The fourth-order valence-electron chi connectivity index (χ4n) is 2.17. The van der Waals surface area contributed by atoms with Crippen molar-refractivity contribution in [2.24, 2.45) is 0 Å². The summed E-state index contributed by atoms with van der Waals surface area (Å²) < 4.78 is 0. The van der Waals surface area contributed by atoms with Gasteiger partial charge in [-0.1, -0.05) is 18.5 Å². The summed E-state index contributed by atoms with van der Waals surface area (Å²) in [5, 5.41) is 2.01. The van der Waals surface area contributed by atoms with Gasteiger partial charge in [-0.05, 0) is 25.8 Å². The molecule has 0 aliphatic rings. The third-order valence-corrected chi connectivity index (χ3v) is 4.77. The normalized spacial score (nSPS) is 11.2. The molecule has 0 unspecified atom stereocenters. The van der Waals surface area contributed by atoms with Gasteiger partial charge in [0.15, 0.2) is 0 Å². The lowest BCUT2D eigenvalue weighted by Crippen LogP contribution is -2.10. The van der Waals surface area contributed by atoms with E-state index >= 15 is 0 Å². The van der Waals surface area contributed by atoms with Crippen LogP contribution in [0.15, 0.2) is 0 Å². The Morgan fingerprint density at radius 1 is 1.29 bits per heavy atom. The van der Waals surface area contributed by atoms with Gasteiger partial charge in [-0.15, -0.1) is 11.3 Å². The van der Waals surface area contributed by atoms with E-state index in [0.29, 0.717) is 0 Å². The molecule has 0 aliphatic carbocycles. The van der Waals surface area contributed by atoms with E-state index < -0.39 is 0 Å². The lowest BCUT2D eigenvalue weighted by atomic mass is 10.1. The Kier molecular flexibility index (Phi) is 3.32. The molecule has 0 aliphatic heterocycles. The number of anilines is 1. The third-order valence-electron chi connectivity index (χ3n) is 2.99. The summed E-state index contributed by atoms with van der Waals surface area (Å²) in [7, 11) is 4.15. The maximum absolute atomic E-state index is 6.31. The molecule has 2 aromatic heterocycles. The second kappa shape index (κ2) is 4.46. The molecule has 4 heteroatoms. The van der Waals surface area contributed by atoms with Crippen LogP contribution in [0.3, 0.4) is 0 Å². The SMILES string of the molecule is CCc1sc2nc(C)c(Cl)c(C)c2c1N(C)C. The van der Waals surface area contributed by atoms with Gasteiger partial charge < -0.3 is 4.90 Å².